The number of rotatable bonds is 5. The normalized spacial score (nSPS) is 12.3. The maximum atomic E-state index is 11.2. The van der Waals surface area contributed by atoms with Gasteiger partial charge in [0.1, 0.15) is 6.04 Å². The Hall–Kier alpha value is -2.10. The van der Waals surface area contributed by atoms with Crippen molar-refractivity contribution in [2.45, 2.75) is 32.7 Å². The predicted octanol–water partition coefficient (Wildman–Crippen LogP) is 3.21. The molecule has 0 aliphatic heterocycles. The lowest BCUT2D eigenvalue weighted by Gasteiger charge is -2.17. The highest BCUT2D eigenvalue weighted by molar-refractivity contribution is 5.93. The average molecular weight is 258 g/mol. The number of carbonyl (C=O) groups is 1. The smallest absolute Gasteiger partial charge is 0.326 e. The van der Waals surface area contributed by atoms with Gasteiger partial charge in [-0.2, -0.15) is 0 Å². The van der Waals surface area contributed by atoms with Crippen molar-refractivity contribution >= 4 is 22.6 Å². The lowest BCUT2D eigenvalue weighted by molar-refractivity contribution is -0.138. The standard InChI is InChI=1S/C15H18N2O2/c1-3-6-13(15(18)19)17-14-9-10(2)16-12-8-5-4-7-11(12)14/h4-5,7-9,13H,3,6H2,1-2H3,(H,16,17)(H,18,19). The van der Waals surface area contributed by atoms with E-state index in [1.54, 1.807) is 0 Å². The van der Waals surface area contributed by atoms with E-state index in [0.717, 1.165) is 28.7 Å². The largest absolute Gasteiger partial charge is 0.480 e. The minimum Gasteiger partial charge on any atom is -0.480 e. The molecule has 4 nitrogen and oxygen atoms in total. The van der Waals surface area contributed by atoms with Gasteiger partial charge in [-0.05, 0) is 25.5 Å². The van der Waals surface area contributed by atoms with Crippen molar-refractivity contribution in [2.75, 3.05) is 5.32 Å². The summed E-state index contributed by atoms with van der Waals surface area (Å²) >= 11 is 0. The molecule has 1 heterocycles. The number of aromatic nitrogens is 1. The van der Waals surface area contributed by atoms with Gasteiger partial charge in [-0.15, -0.1) is 0 Å². The summed E-state index contributed by atoms with van der Waals surface area (Å²) < 4.78 is 0. The second-order valence-electron chi connectivity index (χ2n) is 4.65. The quantitative estimate of drug-likeness (QED) is 0.864. The van der Waals surface area contributed by atoms with Crippen molar-refractivity contribution in [1.29, 1.82) is 0 Å². The molecular formula is C15H18N2O2. The van der Waals surface area contributed by atoms with Crippen LogP contribution in [0.15, 0.2) is 30.3 Å². The highest BCUT2D eigenvalue weighted by Gasteiger charge is 2.17. The van der Waals surface area contributed by atoms with E-state index in [0.29, 0.717) is 6.42 Å². The fourth-order valence-electron chi connectivity index (χ4n) is 2.16. The van der Waals surface area contributed by atoms with Gasteiger partial charge in [0.15, 0.2) is 0 Å². The Morgan fingerprint density at radius 2 is 2.16 bits per heavy atom. The zero-order chi connectivity index (χ0) is 13.8. The van der Waals surface area contributed by atoms with Crippen LogP contribution in [-0.2, 0) is 4.79 Å². The van der Waals surface area contributed by atoms with E-state index in [2.05, 4.69) is 10.3 Å². The Labute approximate surface area is 112 Å². The first-order chi connectivity index (χ1) is 9.11. The molecule has 1 aromatic carbocycles. The molecule has 0 bridgehead atoms. The summed E-state index contributed by atoms with van der Waals surface area (Å²) in [6, 6.07) is 9.08. The second kappa shape index (κ2) is 5.69. The molecule has 2 N–H and O–H groups in total. The van der Waals surface area contributed by atoms with Crippen LogP contribution in [0.5, 0.6) is 0 Å². The number of hydrogen-bond donors (Lipinski definition) is 2. The first kappa shape index (κ1) is 13.3. The van der Waals surface area contributed by atoms with Crippen LogP contribution >= 0.6 is 0 Å². The number of aryl methyl sites for hydroxylation is 1. The lowest BCUT2D eigenvalue weighted by atomic mass is 10.1. The van der Waals surface area contributed by atoms with Crippen molar-refractivity contribution in [3.8, 4) is 0 Å². The molecule has 0 saturated carbocycles. The van der Waals surface area contributed by atoms with E-state index in [1.807, 2.05) is 44.2 Å². The van der Waals surface area contributed by atoms with Gasteiger partial charge in [0, 0.05) is 16.8 Å². The highest BCUT2D eigenvalue weighted by Crippen LogP contribution is 2.24. The molecule has 2 rings (SSSR count). The van der Waals surface area contributed by atoms with E-state index in [-0.39, 0.29) is 0 Å². The van der Waals surface area contributed by atoms with E-state index >= 15 is 0 Å². The van der Waals surface area contributed by atoms with Crippen molar-refractivity contribution in [3.05, 3.63) is 36.0 Å². The Balaban J connectivity index is 2.41. The van der Waals surface area contributed by atoms with Gasteiger partial charge in [0.2, 0.25) is 0 Å². The van der Waals surface area contributed by atoms with E-state index in [9.17, 15) is 9.90 Å². The highest BCUT2D eigenvalue weighted by atomic mass is 16.4. The van der Waals surface area contributed by atoms with Crippen LogP contribution in [0.25, 0.3) is 10.9 Å². The molecule has 4 heteroatoms. The third kappa shape index (κ3) is 3.02. The number of carboxylic acid groups (broad SMARTS) is 1. The number of nitrogens with one attached hydrogen (secondary N) is 1. The Bertz CT molecular complexity index is 596. The minimum atomic E-state index is -0.819. The Kier molecular flexibility index (Phi) is 4.00. The van der Waals surface area contributed by atoms with Gasteiger partial charge in [-0.1, -0.05) is 31.5 Å². The fourth-order valence-corrected chi connectivity index (χ4v) is 2.16. The maximum absolute atomic E-state index is 11.2. The fraction of sp³-hybridized carbons (Fsp3) is 0.333. The maximum Gasteiger partial charge on any atom is 0.326 e. The summed E-state index contributed by atoms with van der Waals surface area (Å²) in [5, 5.41) is 13.3. The zero-order valence-corrected chi connectivity index (χ0v) is 11.2. The molecule has 0 fully saturated rings. The van der Waals surface area contributed by atoms with Crippen LogP contribution in [0.4, 0.5) is 5.69 Å². The molecule has 0 spiro atoms. The van der Waals surface area contributed by atoms with Gasteiger partial charge >= 0.3 is 5.97 Å². The van der Waals surface area contributed by atoms with Crippen LogP contribution in [0.1, 0.15) is 25.5 Å². The number of pyridine rings is 1. The topological polar surface area (TPSA) is 62.2 Å². The number of aliphatic carboxylic acids is 1. The number of fused-ring (bicyclic) bond motifs is 1. The molecule has 100 valence electrons. The molecule has 0 radical (unpaired) electrons. The molecule has 19 heavy (non-hydrogen) atoms. The second-order valence-corrected chi connectivity index (χ2v) is 4.65. The molecule has 1 atom stereocenters. The monoisotopic (exact) mass is 258 g/mol. The summed E-state index contributed by atoms with van der Waals surface area (Å²) in [6.07, 6.45) is 1.43. The number of carboxylic acids is 1. The number of hydrogen-bond acceptors (Lipinski definition) is 3. The molecule has 0 amide bonds. The summed E-state index contributed by atoms with van der Waals surface area (Å²) in [5.74, 6) is -0.819. The summed E-state index contributed by atoms with van der Waals surface area (Å²) in [7, 11) is 0. The third-order valence-electron chi connectivity index (χ3n) is 3.05. The van der Waals surface area contributed by atoms with Crippen LogP contribution in [0.2, 0.25) is 0 Å². The van der Waals surface area contributed by atoms with Gasteiger partial charge in [0.05, 0.1) is 5.52 Å². The van der Waals surface area contributed by atoms with Crippen LogP contribution in [-0.4, -0.2) is 22.1 Å². The number of nitrogens with zero attached hydrogens (tertiary/aromatic N) is 1. The molecule has 0 saturated heterocycles. The average Bonchev–Trinajstić information content (AvgIpc) is 2.37. The van der Waals surface area contributed by atoms with Crippen molar-refractivity contribution in [1.82, 2.24) is 4.98 Å². The first-order valence-corrected chi connectivity index (χ1v) is 6.47. The van der Waals surface area contributed by atoms with Crippen LogP contribution < -0.4 is 5.32 Å². The molecular weight excluding hydrogens is 240 g/mol. The molecule has 0 aliphatic carbocycles. The Morgan fingerprint density at radius 3 is 2.84 bits per heavy atom. The zero-order valence-electron chi connectivity index (χ0n) is 11.2. The van der Waals surface area contributed by atoms with Gasteiger partial charge in [0.25, 0.3) is 0 Å². The third-order valence-corrected chi connectivity index (χ3v) is 3.05. The molecule has 0 aliphatic rings. The molecule has 1 aromatic heterocycles. The number of para-hydroxylation sites is 1. The predicted molar refractivity (Wildman–Crippen MR) is 76.4 cm³/mol. The summed E-state index contributed by atoms with van der Waals surface area (Å²) in [6.45, 7) is 3.89. The lowest BCUT2D eigenvalue weighted by Crippen LogP contribution is -2.29. The van der Waals surface area contributed by atoms with Gasteiger partial charge in [-0.3, -0.25) is 4.98 Å². The van der Waals surface area contributed by atoms with E-state index < -0.39 is 12.0 Å². The molecule has 2 aromatic rings. The number of anilines is 1. The summed E-state index contributed by atoms with van der Waals surface area (Å²) in [5.41, 5.74) is 2.59. The number of benzene rings is 1. The SMILES string of the molecule is CCCC(Nc1cc(C)nc2ccccc12)C(=O)O. The first-order valence-electron chi connectivity index (χ1n) is 6.47. The van der Waals surface area contributed by atoms with Gasteiger partial charge < -0.3 is 10.4 Å². The van der Waals surface area contributed by atoms with Crippen molar-refractivity contribution in [2.24, 2.45) is 0 Å². The van der Waals surface area contributed by atoms with E-state index in [4.69, 9.17) is 0 Å². The van der Waals surface area contributed by atoms with Gasteiger partial charge in [-0.25, -0.2) is 4.79 Å². The minimum absolute atomic E-state index is 0.560. The van der Waals surface area contributed by atoms with Crippen LogP contribution in [0.3, 0.4) is 0 Å². The molecule has 1 unspecified atom stereocenters. The summed E-state index contributed by atoms with van der Waals surface area (Å²) in [4.78, 5) is 15.7. The van der Waals surface area contributed by atoms with Crippen molar-refractivity contribution in [3.63, 3.8) is 0 Å². The van der Waals surface area contributed by atoms with Crippen molar-refractivity contribution < 1.29 is 9.90 Å². The Morgan fingerprint density at radius 1 is 1.42 bits per heavy atom. The van der Waals surface area contributed by atoms with Crippen LogP contribution in [0, 0.1) is 6.92 Å². The van der Waals surface area contributed by atoms with E-state index in [1.165, 1.54) is 0 Å².